The molecule has 5 nitrogen and oxygen atoms in total. The number of hydrogen-bond donors (Lipinski definition) is 1. The van der Waals surface area contributed by atoms with Crippen molar-refractivity contribution >= 4 is 23.2 Å². The van der Waals surface area contributed by atoms with Crippen LogP contribution in [0.15, 0.2) is 24.3 Å². The zero-order valence-corrected chi connectivity index (χ0v) is 13.2. The normalized spacial score (nSPS) is 13.6. The minimum absolute atomic E-state index is 0.00481. The number of nitrogens with zero attached hydrogens (tertiary/aromatic N) is 3. The molecule has 1 aliphatic carbocycles. The van der Waals surface area contributed by atoms with E-state index in [4.69, 9.17) is 16.7 Å². The molecule has 9 heteroatoms. The molecule has 0 saturated carbocycles. The first-order chi connectivity index (χ1) is 11.8. The average molecular weight is 368 g/mol. The van der Waals surface area contributed by atoms with Crippen molar-refractivity contribution < 1.29 is 23.1 Å². The topological polar surface area (TPSA) is 67.5 Å². The zero-order chi connectivity index (χ0) is 17.9. The molecule has 2 aromatic heterocycles. The molecule has 0 saturated heterocycles. The van der Waals surface area contributed by atoms with E-state index < -0.39 is 28.6 Å². The number of halogens is 4. The highest BCUT2D eigenvalue weighted by Gasteiger charge is 2.41. The van der Waals surface area contributed by atoms with Crippen molar-refractivity contribution in [3.8, 4) is 11.3 Å². The van der Waals surface area contributed by atoms with Crippen LogP contribution in [0.2, 0.25) is 5.02 Å². The van der Waals surface area contributed by atoms with E-state index in [-0.39, 0.29) is 23.3 Å². The third kappa shape index (κ3) is 2.28. The summed E-state index contributed by atoms with van der Waals surface area (Å²) in [5, 5.41) is 12.2. The fourth-order valence-corrected chi connectivity index (χ4v) is 3.41. The van der Waals surface area contributed by atoms with Crippen molar-refractivity contribution in [2.24, 2.45) is 0 Å². The van der Waals surface area contributed by atoms with Gasteiger partial charge in [-0.05, 0) is 18.4 Å². The highest BCUT2D eigenvalue weighted by atomic mass is 35.5. The van der Waals surface area contributed by atoms with Crippen molar-refractivity contribution in [3.05, 3.63) is 51.8 Å². The standard InChI is InChI=1S/C16H9ClF3N3O2/c17-10-12(15(24)25)22-23-13(16(18,19)20)9-6-5-7-3-1-2-4-8(7)11(9)21-14(10)23/h1-4H,5-6H2,(H,24,25). The molecule has 0 unspecified atom stereocenters. The zero-order valence-electron chi connectivity index (χ0n) is 12.4. The van der Waals surface area contributed by atoms with Crippen LogP contribution in [-0.4, -0.2) is 25.7 Å². The lowest BCUT2D eigenvalue weighted by Crippen LogP contribution is -2.21. The monoisotopic (exact) mass is 367 g/mol. The molecule has 0 spiro atoms. The number of rotatable bonds is 1. The number of aromatic carboxylic acids is 1. The summed E-state index contributed by atoms with van der Waals surface area (Å²) in [6.07, 6.45) is -4.17. The number of alkyl halides is 3. The van der Waals surface area contributed by atoms with E-state index in [1.807, 2.05) is 6.07 Å². The number of benzene rings is 1. The molecule has 0 atom stereocenters. The molecule has 25 heavy (non-hydrogen) atoms. The predicted molar refractivity (Wildman–Crippen MR) is 82.8 cm³/mol. The van der Waals surface area contributed by atoms with Gasteiger partial charge in [0.25, 0.3) is 0 Å². The lowest BCUT2D eigenvalue weighted by Gasteiger charge is -2.23. The van der Waals surface area contributed by atoms with Gasteiger partial charge in [0.05, 0.1) is 5.69 Å². The van der Waals surface area contributed by atoms with Gasteiger partial charge in [-0.3, -0.25) is 0 Å². The van der Waals surface area contributed by atoms with Crippen LogP contribution in [0.5, 0.6) is 0 Å². The Bertz CT molecular complexity index is 1040. The van der Waals surface area contributed by atoms with Gasteiger partial charge in [-0.25, -0.2) is 14.3 Å². The quantitative estimate of drug-likeness (QED) is 0.709. The van der Waals surface area contributed by atoms with Gasteiger partial charge in [0.15, 0.2) is 17.0 Å². The summed E-state index contributed by atoms with van der Waals surface area (Å²) in [5.74, 6) is -1.51. The molecule has 4 rings (SSSR count). The van der Waals surface area contributed by atoms with Gasteiger partial charge in [0.1, 0.15) is 5.02 Å². The first-order valence-electron chi connectivity index (χ1n) is 7.29. The van der Waals surface area contributed by atoms with Gasteiger partial charge < -0.3 is 5.11 Å². The third-order valence-electron chi connectivity index (χ3n) is 4.19. The largest absolute Gasteiger partial charge is 0.476 e. The first-order valence-corrected chi connectivity index (χ1v) is 7.66. The smallest absolute Gasteiger partial charge is 0.433 e. The van der Waals surface area contributed by atoms with Crippen LogP contribution in [0.3, 0.4) is 0 Å². The lowest BCUT2D eigenvalue weighted by molar-refractivity contribution is -0.143. The molecule has 0 aliphatic heterocycles. The number of carboxylic acids is 1. The Hall–Kier alpha value is -2.61. The minimum atomic E-state index is -4.73. The van der Waals surface area contributed by atoms with Crippen LogP contribution < -0.4 is 0 Å². The summed E-state index contributed by atoms with van der Waals surface area (Å²) in [7, 11) is 0. The van der Waals surface area contributed by atoms with E-state index in [0.29, 0.717) is 16.5 Å². The van der Waals surface area contributed by atoms with Crippen LogP contribution in [0.1, 0.15) is 27.3 Å². The van der Waals surface area contributed by atoms with Crippen LogP contribution in [0, 0.1) is 0 Å². The van der Waals surface area contributed by atoms with Gasteiger partial charge in [-0.15, -0.1) is 0 Å². The van der Waals surface area contributed by atoms with Crippen molar-refractivity contribution in [1.82, 2.24) is 14.6 Å². The summed E-state index contributed by atoms with van der Waals surface area (Å²) in [5.41, 5.74) is -0.372. The Balaban J connectivity index is 2.17. The predicted octanol–water partition coefficient (Wildman–Crippen LogP) is 3.87. The summed E-state index contributed by atoms with van der Waals surface area (Å²) in [4.78, 5) is 15.4. The summed E-state index contributed by atoms with van der Waals surface area (Å²) in [6.45, 7) is 0. The molecule has 2 heterocycles. The van der Waals surface area contributed by atoms with Crippen LogP contribution in [0.25, 0.3) is 16.9 Å². The van der Waals surface area contributed by atoms with E-state index in [9.17, 15) is 18.0 Å². The maximum absolute atomic E-state index is 13.7. The highest BCUT2D eigenvalue weighted by Crippen LogP contribution is 2.41. The second kappa shape index (κ2) is 5.19. The Morgan fingerprint density at radius 2 is 1.96 bits per heavy atom. The van der Waals surface area contributed by atoms with Gasteiger partial charge >= 0.3 is 12.1 Å². The van der Waals surface area contributed by atoms with Crippen molar-refractivity contribution in [2.75, 3.05) is 0 Å². The molecule has 3 aromatic rings. The number of aromatic nitrogens is 3. The van der Waals surface area contributed by atoms with E-state index in [0.717, 1.165) is 5.56 Å². The molecule has 0 bridgehead atoms. The Labute approximate surface area is 143 Å². The van der Waals surface area contributed by atoms with Crippen molar-refractivity contribution in [2.45, 2.75) is 19.0 Å². The lowest BCUT2D eigenvalue weighted by atomic mass is 9.88. The maximum Gasteiger partial charge on any atom is 0.433 e. The van der Waals surface area contributed by atoms with Crippen molar-refractivity contribution in [3.63, 3.8) is 0 Å². The number of carbonyl (C=O) groups is 1. The fraction of sp³-hybridized carbons (Fsp3) is 0.188. The summed E-state index contributed by atoms with van der Waals surface area (Å²) >= 11 is 5.95. The molecule has 0 fully saturated rings. The average Bonchev–Trinajstić information content (AvgIpc) is 2.88. The summed E-state index contributed by atoms with van der Waals surface area (Å²) in [6, 6.07) is 7.05. The minimum Gasteiger partial charge on any atom is -0.476 e. The SMILES string of the molecule is O=C(O)c1nn2c(C(F)(F)F)c3c(nc2c1Cl)-c1ccccc1CC3. The van der Waals surface area contributed by atoms with Crippen LogP contribution >= 0.6 is 11.6 Å². The van der Waals surface area contributed by atoms with Gasteiger partial charge in [-0.2, -0.15) is 18.3 Å². The van der Waals surface area contributed by atoms with Crippen molar-refractivity contribution in [1.29, 1.82) is 0 Å². The van der Waals surface area contributed by atoms with E-state index in [2.05, 4.69) is 10.1 Å². The molecule has 128 valence electrons. The summed E-state index contributed by atoms with van der Waals surface area (Å²) < 4.78 is 41.7. The number of fused-ring (bicyclic) bond motifs is 4. The van der Waals surface area contributed by atoms with Crippen LogP contribution in [0.4, 0.5) is 13.2 Å². The molecular weight excluding hydrogens is 359 g/mol. The molecule has 1 aromatic carbocycles. The maximum atomic E-state index is 13.7. The number of carboxylic acid groups (broad SMARTS) is 1. The molecule has 0 amide bonds. The third-order valence-corrected chi connectivity index (χ3v) is 4.54. The number of hydrogen-bond acceptors (Lipinski definition) is 3. The number of aryl methyl sites for hydroxylation is 1. The second-order valence-corrected chi connectivity index (χ2v) is 6.02. The molecule has 0 radical (unpaired) electrons. The van der Waals surface area contributed by atoms with Gasteiger partial charge in [0.2, 0.25) is 0 Å². The van der Waals surface area contributed by atoms with Gasteiger partial charge in [0, 0.05) is 11.1 Å². The fourth-order valence-electron chi connectivity index (χ4n) is 3.17. The Morgan fingerprint density at radius 1 is 1.24 bits per heavy atom. The van der Waals surface area contributed by atoms with E-state index in [1.165, 1.54) is 0 Å². The Kier molecular flexibility index (Phi) is 3.30. The molecule has 1 aliphatic rings. The highest BCUT2D eigenvalue weighted by molar-refractivity contribution is 6.36. The van der Waals surface area contributed by atoms with E-state index in [1.54, 1.807) is 18.2 Å². The van der Waals surface area contributed by atoms with Crippen LogP contribution in [-0.2, 0) is 19.0 Å². The van der Waals surface area contributed by atoms with Gasteiger partial charge in [-0.1, -0.05) is 35.9 Å². The molecule has 1 N–H and O–H groups in total. The second-order valence-electron chi connectivity index (χ2n) is 5.65. The molecular formula is C16H9ClF3N3O2. The van der Waals surface area contributed by atoms with E-state index >= 15 is 0 Å². The Morgan fingerprint density at radius 3 is 2.64 bits per heavy atom. The first kappa shape index (κ1) is 15.9.